The van der Waals surface area contributed by atoms with Crippen LogP contribution in [0.2, 0.25) is 0 Å². The highest BCUT2D eigenvalue weighted by atomic mass is 16.5. The van der Waals surface area contributed by atoms with E-state index < -0.39 is 35.6 Å². The molecule has 0 radical (unpaired) electrons. The zero-order valence-electron chi connectivity index (χ0n) is 22.7. The predicted molar refractivity (Wildman–Crippen MR) is 150 cm³/mol. The van der Waals surface area contributed by atoms with Crippen LogP contribution in [0.1, 0.15) is 50.5 Å². The molecule has 2 amide bonds. The molecule has 1 aromatic heterocycles. The number of carboxylic acids is 1. The predicted octanol–water partition coefficient (Wildman–Crippen LogP) is 3.04. The monoisotopic (exact) mass is 548 g/mol. The Morgan fingerprint density at radius 2 is 2.12 bits per heavy atom. The Hall–Kier alpha value is -3.92. The summed E-state index contributed by atoms with van der Waals surface area (Å²) in [7, 11) is 1.59. The second-order valence-electron chi connectivity index (χ2n) is 10.9. The number of nitrogens with zero attached hydrogens (tertiary/aromatic N) is 2. The standard InChI is InChI=1S/C30H36N4O6/c1-3-18-13-22-19(14-25(18)39-2)11-12-32-27(22)40-21-15-24-26(35)33-30(29(37)38)16-20(30)9-7-5-4-6-8-10-23(31)28(36)34(24)17-21/h3,7,9,11-14,20-21,23-24H,1,4-6,8,10,15-17,31H2,2H3,(H,33,35)(H,37,38)/t20-,21-,23+,24+,30-/m1/s1. The number of aromatic nitrogens is 1. The average molecular weight is 549 g/mol. The fourth-order valence-electron chi connectivity index (χ4n) is 5.82. The van der Waals surface area contributed by atoms with Gasteiger partial charge in [0.1, 0.15) is 23.4 Å². The van der Waals surface area contributed by atoms with E-state index in [0.717, 1.165) is 42.0 Å². The summed E-state index contributed by atoms with van der Waals surface area (Å²) in [4.78, 5) is 45.1. The molecule has 4 N–H and O–H groups in total. The summed E-state index contributed by atoms with van der Waals surface area (Å²) in [5.41, 5.74) is 5.71. The molecule has 10 heteroatoms. The van der Waals surface area contributed by atoms with Gasteiger partial charge < -0.3 is 30.5 Å². The number of carboxylic acid groups (broad SMARTS) is 1. The lowest BCUT2D eigenvalue weighted by atomic mass is 10.1. The summed E-state index contributed by atoms with van der Waals surface area (Å²) in [6.07, 6.45) is 11.1. The quantitative estimate of drug-likeness (QED) is 0.484. The first-order valence-corrected chi connectivity index (χ1v) is 13.8. The number of pyridine rings is 1. The molecule has 5 atom stereocenters. The van der Waals surface area contributed by atoms with Gasteiger partial charge in [-0.2, -0.15) is 0 Å². The van der Waals surface area contributed by atoms with Crippen LogP contribution in [0.15, 0.2) is 43.1 Å². The molecule has 1 saturated carbocycles. The fraction of sp³-hybridized carbons (Fsp3) is 0.467. The van der Waals surface area contributed by atoms with Gasteiger partial charge in [-0.1, -0.05) is 37.6 Å². The van der Waals surface area contributed by atoms with Crippen molar-refractivity contribution in [3.8, 4) is 11.6 Å². The molecule has 1 aromatic carbocycles. The topological polar surface area (TPSA) is 144 Å². The Balaban J connectivity index is 1.43. The summed E-state index contributed by atoms with van der Waals surface area (Å²) in [6, 6.07) is 3.94. The number of ether oxygens (including phenoxy) is 2. The molecule has 1 saturated heterocycles. The zero-order chi connectivity index (χ0) is 28.4. The third-order valence-electron chi connectivity index (χ3n) is 8.24. The summed E-state index contributed by atoms with van der Waals surface area (Å²) in [5.74, 6) is -1.17. The highest BCUT2D eigenvalue weighted by Gasteiger charge is 2.61. The van der Waals surface area contributed by atoms with Gasteiger partial charge in [-0.15, -0.1) is 0 Å². The van der Waals surface area contributed by atoms with E-state index in [1.54, 1.807) is 19.4 Å². The van der Waals surface area contributed by atoms with Crippen LogP contribution in [0, 0.1) is 5.92 Å². The zero-order valence-corrected chi connectivity index (χ0v) is 22.7. The maximum absolute atomic E-state index is 13.6. The second kappa shape index (κ2) is 11.3. The van der Waals surface area contributed by atoms with Crippen molar-refractivity contribution in [3.05, 3.63) is 48.7 Å². The number of methoxy groups -OCH3 is 1. The molecule has 212 valence electrons. The molecule has 0 spiro atoms. The van der Waals surface area contributed by atoms with E-state index in [1.165, 1.54) is 4.90 Å². The number of nitrogens with one attached hydrogen (secondary N) is 1. The number of carbonyl (C=O) groups is 3. The summed E-state index contributed by atoms with van der Waals surface area (Å²) in [6.45, 7) is 3.99. The Kier molecular flexibility index (Phi) is 7.80. The van der Waals surface area contributed by atoms with E-state index in [1.807, 2.05) is 30.4 Å². The Morgan fingerprint density at radius 3 is 2.88 bits per heavy atom. The highest BCUT2D eigenvalue weighted by Crippen LogP contribution is 2.45. The molecule has 10 nitrogen and oxygen atoms in total. The van der Waals surface area contributed by atoms with Crippen LogP contribution in [0.4, 0.5) is 0 Å². The fourth-order valence-corrected chi connectivity index (χ4v) is 5.82. The number of allylic oxidation sites excluding steroid dienone is 1. The number of benzene rings is 1. The van der Waals surface area contributed by atoms with Gasteiger partial charge in [-0.25, -0.2) is 9.78 Å². The van der Waals surface area contributed by atoms with Gasteiger partial charge in [0, 0.05) is 29.5 Å². The van der Waals surface area contributed by atoms with E-state index in [-0.39, 0.29) is 24.8 Å². The van der Waals surface area contributed by atoms with Crippen LogP contribution in [-0.2, 0) is 14.4 Å². The molecule has 0 unspecified atom stereocenters. The van der Waals surface area contributed by atoms with Crippen molar-refractivity contribution in [1.29, 1.82) is 0 Å². The van der Waals surface area contributed by atoms with Crippen LogP contribution in [0.25, 0.3) is 16.8 Å². The molecule has 3 heterocycles. The number of hydrogen-bond acceptors (Lipinski definition) is 7. The second-order valence-corrected chi connectivity index (χ2v) is 10.9. The lowest BCUT2D eigenvalue weighted by molar-refractivity contribution is -0.145. The minimum atomic E-state index is -1.36. The van der Waals surface area contributed by atoms with Crippen molar-refractivity contribution in [3.63, 3.8) is 0 Å². The van der Waals surface area contributed by atoms with Crippen molar-refractivity contribution >= 4 is 34.6 Å². The minimum Gasteiger partial charge on any atom is -0.496 e. The number of hydrogen-bond donors (Lipinski definition) is 3. The molecule has 1 aliphatic carbocycles. The molecule has 3 aliphatic rings. The number of carbonyl (C=O) groups excluding carboxylic acids is 2. The number of amides is 2. The van der Waals surface area contributed by atoms with E-state index in [9.17, 15) is 19.5 Å². The van der Waals surface area contributed by atoms with Gasteiger partial charge in [0.05, 0.1) is 19.7 Å². The van der Waals surface area contributed by atoms with Crippen LogP contribution in [0.5, 0.6) is 11.6 Å². The van der Waals surface area contributed by atoms with Gasteiger partial charge in [-0.3, -0.25) is 9.59 Å². The largest absolute Gasteiger partial charge is 0.496 e. The van der Waals surface area contributed by atoms with Crippen LogP contribution < -0.4 is 20.5 Å². The van der Waals surface area contributed by atoms with Crippen molar-refractivity contribution in [2.24, 2.45) is 11.7 Å². The van der Waals surface area contributed by atoms with Crippen molar-refractivity contribution in [2.75, 3.05) is 13.7 Å². The van der Waals surface area contributed by atoms with Crippen molar-refractivity contribution < 1.29 is 29.0 Å². The van der Waals surface area contributed by atoms with Gasteiger partial charge in [-0.05, 0) is 49.3 Å². The van der Waals surface area contributed by atoms with E-state index >= 15 is 0 Å². The number of fused-ring (bicyclic) bond motifs is 3. The smallest absolute Gasteiger partial charge is 0.330 e. The maximum atomic E-state index is 13.6. The lowest BCUT2D eigenvalue weighted by Crippen LogP contribution is -2.55. The van der Waals surface area contributed by atoms with Crippen molar-refractivity contribution in [1.82, 2.24) is 15.2 Å². The van der Waals surface area contributed by atoms with Gasteiger partial charge in [0.15, 0.2) is 0 Å². The summed E-state index contributed by atoms with van der Waals surface area (Å²) < 4.78 is 11.8. The number of nitrogens with two attached hydrogens (primary N) is 1. The van der Waals surface area contributed by atoms with E-state index in [2.05, 4.69) is 16.9 Å². The third kappa shape index (κ3) is 5.28. The molecule has 2 aliphatic heterocycles. The molecular formula is C30H36N4O6. The molecule has 2 aromatic rings. The summed E-state index contributed by atoms with van der Waals surface area (Å²) in [5, 5.41) is 14.3. The third-order valence-corrected chi connectivity index (χ3v) is 8.24. The molecule has 40 heavy (non-hydrogen) atoms. The van der Waals surface area contributed by atoms with E-state index in [4.69, 9.17) is 15.2 Å². The van der Waals surface area contributed by atoms with Gasteiger partial charge in [0.2, 0.25) is 17.7 Å². The van der Waals surface area contributed by atoms with Crippen LogP contribution in [0.3, 0.4) is 0 Å². The normalized spacial score (nSPS) is 29.0. The SMILES string of the molecule is C=Cc1cc2c(O[C@@H]3C[C@H]4C(=O)N[C@]5(C(=O)O)C[C@H]5C=CCCCCC[C@H](N)C(=O)N4C3)nccc2cc1OC. The number of rotatable bonds is 5. The Labute approximate surface area is 233 Å². The molecule has 5 rings (SSSR count). The first-order valence-electron chi connectivity index (χ1n) is 13.8. The lowest BCUT2D eigenvalue weighted by Gasteiger charge is -2.27. The van der Waals surface area contributed by atoms with Gasteiger partial charge >= 0.3 is 5.97 Å². The van der Waals surface area contributed by atoms with Crippen LogP contribution in [-0.4, -0.2) is 70.2 Å². The van der Waals surface area contributed by atoms with Gasteiger partial charge in [0.25, 0.3) is 0 Å². The molecular weight excluding hydrogens is 512 g/mol. The first-order chi connectivity index (χ1) is 19.3. The van der Waals surface area contributed by atoms with Crippen molar-refractivity contribution in [2.45, 2.75) is 68.7 Å². The highest BCUT2D eigenvalue weighted by molar-refractivity contribution is 5.95. The van der Waals surface area contributed by atoms with Crippen LogP contribution >= 0.6 is 0 Å². The Bertz CT molecular complexity index is 1360. The molecule has 0 bridgehead atoms. The average Bonchev–Trinajstić information content (AvgIpc) is 3.48. The summed E-state index contributed by atoms with van der Waals surface area (Å²) >= 11 is 0. The Morgan fingerprint density at radius 1 is 1.30 bits per heavy atom. The first kappa shape index (κ1) is 27.6. The van der Waals surface area contributed by atoms with E-state index in [0.29, 0.717) is 24.5 Å². The maximum Gasteiger partial charge on any atom is 0.330 e. The molecule has 2 fully saturated rings. The minimum absolute atomic E-state index is 0.135. The number of aliphatic carboxylic acids is 1.